The molecule has 29 heavy (non-hydrogen) atoms. The lowest BCUT2D eigenvalue weighted by Gasteiger charge is -2.11. The average Bonchev–Trinajstić information content (AvgIpc) is 3.14. The van der Waals surface area contributed by atoms with Crippen LogP contribution >= 0.6 is 24.0 Å². The highest BCUT2D eigenvalue weighted by Crippen LogP contribution is 2.12. The summed E-state index contributed by atoms with van der Waals surface area (Å²) in [5.74, 6) is 2.39. The molecule has 2 aromatic heterocycles. The highest BCUT2D eigenvalue weighted by molar-refractivity contribution is 14.0. The van der Waals surface area contributed by atoms with E-state index in [1.54, 1.807) is 7.11 Å². The van der Waals surface area contributed by atoms with Gasteiger partial charge >= 0.3 is 0 Å². The molecule has 3 rings (SSSR count). The first-order valence-electron chi connectivity index (χ1n) is 9.31. The lowest BCUT2D eigenvalue weighted by molar-refractivity contribution is 0.146. The number of nitrogens with one attached hydrogen (secondary N) is 2. The van der Waals surface area contributed by atoms with Crippen LogP contribution in [0.3, 0.4) is 0 Å². The summed E-state index contributed by atoms with van der Waals surface area (Å²) < 4.78 is 12.5. The zero-order valence-corrected chi connectivity index (χ0v) is 19.0. The molecule has 2 heterocycles. The fourth-order valence-corrected chi connectivity index (χ4v) is 2.62. The van der Waals surface area contributed by atoms with E-state index in [9.17, 15) is 0 Å². The van der Waals surface area contributed by atoms with Crippen molar-refractivity contribution in [1.82, 2.24) is 25.2 Å². The third kappa shape index (κ3) is 6.86. The van der Waals surface area contributed by atoms with Gasteiger partial charge in [0, 0.05) is 19.9 Å². The Morgan fingerprint density at radius 1 is 1.07 bits per heavy atom. The van der Waals surface area contributed by atoms with Crippen molar-refractivity contribution in [3.8, 4) is 5.75 Å². The minimum atomic E-state index is 0. The number of hydrogen-bond donors (Lipinski definition) is 2. The largest absolute Gasteiger partial charge is 0.491 e. The molecule has 0 atom stereocenters. The molecular formula is C20H27IN6O2. The van der Waals surface area contributed by atoms with E-state index in [0.717, 1.165) is 35.3 Å². The molecule has 0 bridgehead atoms. The first-order chi connectivity index (χ1) is 13.8. The van der Waals surface area contributed by atoms with Gasteiger partial charge in [0.15, 0.2) is 17.4 Å². The van der Waals surface area contributed by atoms with Gasteiger partial charge in [-0.2, -0.15) is 0 Å². The summed E-state index contributed by atoms with van der Waals surface area (Å²) in [6, 6.07) is 13.8. The van der Waals surface area contributed by atoms with Gasteiger partial charge in [0.25, 0.3) is 0 Å². The molecule has 0 radical (unpaired) electrons. The number of fused-ring (bicyclic) bond motifs is 1. The first kappa shape index (κ1) is 22.9. The van der Waals surface area contributed by atoms with Crippen molar-refractivity contribution in [1.29, 1.82) is 0 Å². The molecule has 3 aromatic rings. The molecule has 156 valence electrons. The number of rotatable bonds is 9. The second-order valence-electron chi connectivity index (χ2n) is 6.08. The fourth-order valence-electron chi connectivity index (χ4n) is 2.62. The van der Waals surface area contributed by atoms with Crippen molar-refractivity contribution in [2.75, 3.05) is 26.9 Å². The lowest BCUT2D eigenvalue weighted by atomic mass is 10.2. The number of methoxy groups -OCH3 is 1. The summed E-state index contributed by atoms with van der Waals surface area (Å²) in [6.07, 6.45) is 1.95. The molecule has 0 aliphatic carbocycles. The molecule has 0 fully saturated rings. The Kier molecular flexibility index (Phi) is 9.65. The standard InChI is InChI=1S/C20H26N6O2.HI/c1-3-21-20(23-15-19-25-24-18-6-4-5-11-26(18)19)22-14-16-7-9-17(10-8-16)28-13-12-27-2;/h4-11H,3,12-15H2,1-2H3,(H2,21,22,23);1H. The van der Waals surface area contributed by atoms with Gasteiger partial charge in [0.2, 0.25) is 0 Å². The summed E-state index contributed by atoms with van der Waals surface area (Å²) >= 11 is 0. The van der Waals surface area contributed by atoms with Crippen molar-refractivity contribution in [2.24, 2.45) is 4.99 Å². The number of aliphatic imine (C=N–C) groups is 1. The maximum Gasteiger partial charge on any atom is 0.191 e. The number of nitrogens with zero attached hydrogens (tertiary/aromatic N) is 4. The Hall–Kier alpha value is -2.40. The molecule has 9 heteroatoms. The highest BCUT2D eigenvalue weighted by Gasteiger charge is 2.05. The van der Waals surface area contributed by atoms with Gasteiger partial charge < -0.3 is 20.1 Å². The minimum Gasteiger partial charge on any atom is -0.491 e. The van der Waals surface area contributed by atoms with Crippen molar-refractivity contribution >= 4 is 35.6 Å². The van der Waals surface area contributed by atoms with Crippen LogP contribution in [-0.4, -0.2) is 47.4 Å². The zero-order chi connectivity index (χ0) is 19.6. The molecule has 0 unspecified atom stereocenters. The van der Waals surface area contributed by atoms with Gasteiger partial charge in [-0.05, 0) is 36.8 Å². The Labute approximate surface area is 187 Å². The number of aromatic nitrogens is 3. The van der Waals surface area contributed by atoms with E-state index >= 15 is 0 Å². The van der Waals surface area contributed by atoms with Gasteiger partial charge in [0.1, 0.15) is 12.4 Å². The second-order valence-corrected chi connectivity index (χ2v) is 6.08. The smallest absolute Gasteiger partial charge is 0.191 e. The van der Waals surface area contributed by atoms with Crippen LogP contribution in [0.1, 0.15) is 18.3 Å². The predicted octanol–water partition coefficient (Wildman–Crippen LogP) is 2.63. The van der Waals surface area contributed by atoms with Crippen LogP contribution in [-0.2, 0) is 17.8 Å². The van der Waals surface area contributed by atoms with Gasteiger partial charge in [-0.3, -0.25) is 4.40 Å². The lowest BCUT2D eigenvalue weighted by Crippen LogP contribution is -2.37. The molecule has 8 nitrogen and oxygen atoms in total. The van der Waals surface area contributed by atoms with Crippen LogP contribution in [0.15, 0.2) is 53.7 Å². The number of halogens is 1. The number of hydrogen-bond acceptors (Lipinski definition) is 5. The van der Waals surface area contributed by atoms with Crippen molar-refractivity contribution < 1.29 is 9.47 Å². The second kappa shape index (κ2) is 12.2. The summed E-state index contributed by atoms with van der Waals surface area (Å²) in [4.78, 5) is 4.64. The summed E-state index contributed by atoms with van der Waals surface area (Å²) in [7, 11) is 1.66. The molecule has 0 spiro atoms. The van der Waals surface area contributed by atoms with Crippen LogP contribution < -0.4 is 15.4 Å². The number of ether oxygens (including phenoxy) is 2. The Balaban J connectivity index is 0.00000300. The quantitative estimate of drug-likeness (QED) is 0.199. The summed E-state index contributed by atoms with van der Waals surface area (Å²) in [5.41, 5.74) is 1.93. The zero-order valence-electron chi connectivity index (χ0n) is 16.7. The van der Waals surface area contributed by atoms with E-state index in [4.69, 9.17) is 9.47 Å². The van der Waals surface area contributed by atoms with Gasteiger partial charge in [-0.1, -0.05) is 18.2 Å². The van der Waals surface area contributed by atoms with Crippen molar-refractivity contribution in [3.05, 3.63) is 60.0 Å². The molecule has 0 amide bonds. The molecule has 2 N–H and O–H groups in total. The highest BCUT2D eigenvalue weighted by atomic mass is 127. The summed E-state index contributed by atoms with van der Waals surface area (Å²) in [5, 5.41) is 15.0. The van der Waals surface area contributed by atoms with Crippen LogP contribution in [0.4, 0.5) is 0 Å². The Bertz CT molecular complexity index is 897. The van der Waals surface area contributed by atoms with Crippen molar-refractivity contribution in [3.63, 3.8) is 0 Å². The third-order valence-corrected chi connectivity index (χ3v) is 4.04. The number of guanidine groups is 1. The van der Waals surface area contributed by atoms with Crippen LogP contribution in [0.25, 0.3) is 5.65 Å². The number of pyridine rings is 1. The predicted molar refractivity (Wildman–Crippen MR) is 124 cm³/mol. The molecular weight excluding hydrogens is 483 g/mol. The van der Waals surface area contributed by atoms with Crippen LogP contribution in [0.5, 0.6) is 5.75 Å². The average molecular weight is 510 g/mol. The van der Waals surface area contributed by atoms with E-state index in [-0.39, 0.29) is 24.0 Å². The summed E-state index contributed by atoms with van der Waals surface area (Å²) in [6.45, 7) is 5.02. The third-order valence-electron chi connectivity index (χ3n) is 4.04. The van der Waals surface area contributed by atoms with Crippen LogP contribution in [0.2, 0.25) is 0 Å². The first-order valence-corrected chi connectivity index (χ1v) is 9.31. The molecule has 0 saturated heterocycles. The number of benzene rings is 1. The Morgan fingerprint density at radius 2 is 1.90 bits per heavy atom. The van der Waals surface area contributed by atoms with Crippen LogP contribution in [0, 0.1) is 0 Å². The normalized spacial score (nSPS) is 11.2. The van der Waals surface area contributed by atoms with E-state index < -0.39 is 0 Å². The van der Waals surface area contributed by atoms with Gasteiger partial charge in [-0.25, -0.2) is 4.99 Å². The molecule has 0 aliphatic rings. The Morgan fingerprint density at radius 3 is 2.66 bits per heavy atom. The minimum absolute atomic E-state index is 0. The fraction of sp³-hybridized carbons (Fsp3) is 0.350. The molecule has 0 aliphatic heterocycles. The van der Waals surface area contributed by atoms with Crippen molar-refractivity contribution in [2.45, 2.75) is 20.0 Å². The SMILES string of the molecule is CCNC(=NCc1ccc(OCCOC)cc1)NCc1nnc2ccccn12.I. The van der Waals surface area contributed by atoms with E-state index in [2.05, 4.69) is 25.8 Å². The maximum absolute atomic E-state index is 5.58. The van der Waals surface area contributed by atoms with Gasteiger partial charge in [-0.15, -0.1) is 34.2 Å². The molecule has 0 saturated carbocycles. The van der Waals surface area contributed by atoms with E-state index in [1.165, 1.54) is 0 Å². The van der Waals surface area contributed by atoms with E-state index in [0.29, 0.717) is 26.3 Å². The monoisotopic (exact) mass is 510 g/mol. The maximum atomic E-state index is 5.58. The van der Waals surface area contributed by atoms with Gasteiger partial charge in [0.05, 0.1) is 19.7 Å². The topological polar surface area (TPSA) is 85.1 Å². The van der Waals surface area contributed by atoms with E-state index in [1.807, 2.05) is 60.0 Å². The molecule has 1 aromatic carbocycles.